The number of fused-ring (bicyclic) bond motifs is 1. The zero-order valence-electron chi connectivity index (χ0n) is 20.0. The van der Waals surface area contributed by atoms with E-state index in [0.717, 1.165) is 19.3 Å². The van der Waals surface area contributed by atoms with Crippen LogP contribution in [-0.4, -0.2) is 21.9 Å². The molecule has 0 spiro atoms. The Hall–Kier alpha value is -1.12. The molecule has 2 heteroatoms. The summed E-state index contributed by atoms with van der Waals surface area (Å²) >= 11 is 0. The third kappa shape index (κ3) is 5.02. The molecule has 0 bridgehead atoms. The molecule has 0 aliphatic heterocycles. The highest BCUT2D eigenvalue weighted by molar-refractivity contribution is 5.36. The Kier molecular flexibility index (Phi) is 7.19. The van der Waals surface area contributed by atoms with Gasteiger partial charge in [-0.25, -0.2) is 0 Å². The lowest BCUT2D eigenvalue weighted by molar-refractivity contribution is 0.0436. The van der Waals surface area contributed by atoms with Crippen LogP contribution in [0.5, 0.6) is 0 Å². The molecular weight excluding hydrogens is 368 g/mol. The number of rotatable bonds is 5. The van der Waals surface area contributed by atoms with E-state index in [-0.39, 0.29) is 12.0 Å². The van der Waals surface area contributed by atoms with Crippen LogP contribution in [0, 0.1) is 29.1 Å². The van der Waals surface area contributed by atoms with Gasteiger partial charge in [-0.3, -0.25) is 0 Å². The summed E-state index contributed by atoms with van der Waals surface area (Å²) < 4.78 is 0. The number of aliphatic hydroxyl groups is 2. The van der Waals surface area contributed by atoms with Crippen LogP contribution in [0.4, 0.5) is 0 Å². The highest BCUT2D eigenvalue weighted by Gasteiger charge is 2.50. The van der Waals surface area contributed by atoms with Crippen molar-refractivity contribution in [2.24, 2.45) is 29.1 Å². The number of aliphatic hydroxyl groups excluding tert-OH is 1. The van der Waals surface area contributed by atoms with Gasteiger partial charge in [-0.15, -0.1) is 0 Å². The molecule has 6 atom stereocenters. The SMILES string of the molecule is C=C1CC[C@H](O)CC1=CC=C1CCC[C@]2(C)[C@@H]([C@H](C)/C=C/[C@H](C)C(C)(C)O)CC[C@@H]12. The largest absolute Gasteiger partial charge is 0.393 e. The molecule has 0 saturated heterocycles. The third-order valence-corrected chi connectivity index (χ3v) is 8.68. The van der Waals surface area contributed by atoms with Crippen LogP contribution in [0.3, 0.4) is 0 Å². The van der Waals surface area contributed by atoms with Gasteiger partial charge >= 0.3 is 0 Å². The van der Waals surface area contributed by atoms with E-state index in [4.69, 9.17) is 0 Å². The van der Waals surface area contributed by atoms with Crippen molar-refractivity contribution in [1.29, 1.82) is 0 Å². The van der Waals surface area contributed by atoms with Crippen molar-refractivity contribution in [3.05, 3.63) is 47.6 Å². The van der Waals surface area contributed by atoms with E-state index < -0.39 is 5.60 Å². The smallest absolute Gasteiger partial charge is 0.0651 e. The number of hydrogen-bond acceptors (Lipinski definition) is 2. The molecule has 0 aromatic rings. The van der Waals surface area contributed by atoms with Crippen molar-refractivity contribution in [1.82, 2.24) is 0 Å². The average Bonchev–Trinajstić information content (AvgIpc) is 3.03. The molecule has 30 heavy (non-hydrogen) atoms. The van der Waals surface area contributed by atoms with Crippen LogP contribution in [0.15, 0.2) is 47.6 Å². The molecule has 2 nitrogen and oxygen atoms in total. The standard InChI is InChI=1S/C28H44O2/c1-19-10-14-24(29)18-23(19)13-12-22-8-7-17-28(6)25(15-16-26(22)28)20(2)9-11-21(3)27(4,5)30/h9,11-13,20-21,24-26,29-30H,1,7-8,10,14-18H2,2-6H3/b11-9+,22-12?,23-13?/t20-,21+,24+,25-,26+,28-/m1/s1. The monoisotopic (exact) mass is 412 g/mol. The minimum Gasteiger partial charge on any atom is -0.393 e. The first-order valence-electron chi connectivity index (χ1n) is 12.2. The molecule has 0 radical (unpaired) electrons. The predicted molar refractivity (Wildman–Crippen MR) is 127 cm³/mol. The highest BCUT2D eigenvalue weighted by atomic mass is 16.3. The lowest BCUT2D eigenvalue weighted by Gasteiger charge is -2.44. The zero-order valence-corrected chi connectivity index (χ0v) is 20.0. The molecule has 0 amide bonds. The molecule has 3 aliphatic carbocycles. The Bertz CT molecular complexity index is 719. The van der Waals surface area contributed by atoms with Crippen molar-refractivity contribution in [2.75, 3.05) is 0 Å². The molecule has 168 valence electrons. The van der Waals surface area contributed by atoms with E-state index in [0.29, 0.717) is 23.2 Å². The van der Waals surface area contributed by atoms with Crippen LogP contribution in [0.25, 0.3) is 0 Å². The summed E-state index contributed by atoms with van der Waals surface area (Å²) in [6, 6.07) is 0. The van der Waals surface area contributed by atoms with E-state index in [1.54, 1.807) is 5.57 Å². The Morgan fingerprint density at radius 1 is 1.10 bits per heavy atom. The lowest BCUT2D eigenvalue weighted by atomic mass is 9.61. The quantitative estimate of drug-likeness (QED) is 0.490. The normalized spacial score (nSPS) is 37.7. The van der Waals surface area contributed by atoms with E-state index >= 15 is 0 Å². The first-order valence-corrected chi connectivity index (χ1v) is 12.2. The van der Waals surface area contributed by atoms with Gasteiger partial charge in [0.15, 0.2) is 0 Å². The van der Waals surface area contributed by atoms with Gasteiger partial charge in [-0.2, -0.15) is 0 Å². The van der Waals surface area contributed by atoms with Gasteiger partial charge in [0.25, 0.3) is 0 Å². The minimum absolute atomic E-state index is 0.164. The molecular formula is C28H44O2. The molecule has 2 N–H and O–H groups in total. The molecule has 0 heterocycles. The van der Waals surface area contributed by atoms with E-state index in [2.05, 4.69) is 51.7 Å². The van der Waals surface area contributed by atoms with E-state index in [1.807, 2.05) is 13.8 Å². The fourth-order valence-corrected chi connectivity index (χ4v) is 6.25. The summed E-state index contributed by atoms with van der Waals surface area (Å²) in [5.41, 5.74) is 3.78. The second-order valence-corrected chi connectivity index (χ2v) is 11.2. The van der Waals surface area contributed by atoms with Gasteiger partial charge in [-0.1, -0.05) is 62.8 Å². The molecule has 3 saturated carbocycles. The molecule has 3 aliphatic rings. The Balaban J connectivity index is 1.75. The fourth-order valence-electron chi connectivity index (χ4n) is 6.25. The molecule has 3 fully saturated rings. The predicted octanol–water partition coefficient (Wildman–Crippen LogP) is 6.76. The van der Waals surface area contributed by atoms with E-state index in [1.165, 1.54) is 43.3 Å². The first-order chi connectivity index (χ1) is 14.0. The van der Waals surface area contributed by atoms with Crippen molar-refractivity contribution in [2.45, 2.75) is 97.7 Å². The lowest BCUT2D eigenvalue weighted by Crippen LogP contribution is -2.35. The van der Waals surface area contributed by atoms with Crippen LogP contribution in [0.1, 0.15) is 86.0 Å². The molecule has 0 aromatic carbocycles. The summed E-state index contributed by atoms with van der Waals surface area (Å²) in [5, 5.41) is 20.3. The summed E-state index contributed by atoms with van der Waals surface area (Å²) in [4.78, 5) is 0. The average molecular weight is 413 g/mol. The summed E-state index contributed by atoms with van der Waals surface area (Å²) in [7, 11) is 0. The minimum atomic E-state index is -0.663. The second kappa shape index (κ2) is 9.17. The van der Waals surface area contributed by atoms with Crippen LogP contribution in [0.2, 0.25) is 0 Å². The Morgan fingerprint density at radius 3 is 2.53 bits per heavy atom. The maximum atomic E-state index is 10.3. The summed E-state index contributed by atoms with van der Waals surface area (Å²) in [5.74, 6) is 2.08. The molecule has 0 unspecified atom stereocenters. The topological polar surface area (TPSA) is 40.5 Å². The fraction of sp³-hybridized carbons (Fsp3) is 0.714. The van der Waals surface area contributed by atoms with Gasteiger partial charge in [-0.05, 0) is 94.0 Å². The molecule has 0 aromatic heterocycles. The highest BCUT2D eigenvalue weighted by Crippen LogP contribution is 2.59. The van der Waals surface area contributed by atoms with Gasteiger partial charge < -0.3 is 10.2 Å². The van der Waals surface area contributed by atoms with E-state index in [9.17, 15) is 10.2 Å². The number of hydrogen-bond donors (Lipinski definition) is 2. The van der Waals surface area contributed by atoms with Crippen molar-refractivity contribution >= 4 is 0 Å². The first kappa shape index (κ1) is 23.5. The van der Waals surface area contributed by atoms with Crippen molar-refractivity contribution in [3.8, 4) is 0 Å². The summed E-state index contributed by atoms with van der Waals surface area (Å²) in [6.07, 6.45) is 18.0. The van der Waals surface area contributed by atoms with Crippen molar-refractivity contribution < 1.29 is 10.2 Å². The third-order valence-electron chi connectivity index (χ3n) is 8.68. The molecule has 3 rings (SSSR count). The van der Waals surface area contributed by atoms with Gasteiger partial charge in [0.2, 0.25) is 0 Å². The van der Waals surface area contributed by atoms with Crippen LogP contribution < -0.4 is 0 Å². The second-order valence-electron chi connectivity index (χ2n) is 11.2. The summed E-state index contributed by atoms with van der Waals surface area (Å²) in [6.45, 7) is 15.0. The van der Waals surface area contributed by atoms with Crippen molar-refractivity contribution in [3.63, 3.8) is 0 Å². The van der Waals surface area contributed by atoms with Crippen LogP contribution >= 0.6 is 0 Å². The maximum absolute atomic E-state index is 10.3. The van der Waals surface area contributed by atoms with Gasteiger partial charge in [0.1, 0.15) is 0 Å². The van der Waals surface area contributed by atoms with Gasteiger partial charge in [0, 0.05) is 5.92 Å². The number of allylic oxidation sites excluding steroid dienone is 5. The van der Waals surface area contributed by atoms with Gasteiger partial charge in [0.05, 0.1) is 11.7 Å². The maximum Gasteiger partial charge on any atom is 0.0651 e. The van der Waals surface area contributed by atoms with Crippen LogP contribution in [-0.2, 0) is 0 Å². The Morgan fingerprint density at radius 2 is 1.83 bits per heavy atom. The zero-order chi connectivity index (χ0) is 22.1. The Labute approximate surface area is 184 Å².